The van der Waals surface area contributed by atoms with Crippen LogP contribution in [0.4, 0.5) is 5.82 Å². The molecule has 0 aromatic carbocycles. The van der Waals surface area contributed by atoms with Gasteiger partial charge in [-0.25, -0.2) is 9.78 Å². The zero-order chi connectivity index (χ0) is 14.7. The van der Waals surface area contributed by atoms with E-state index in [0.29, 0.717) is 6.54 Å². The van der Waals surface area contributed by atoms with E-state index in [4.69, 9.17) is 5.11 Å². The summed E-state index contributed by atoms with van der Waals surface area (Å²) in [5, 5.41) is 15.4. The Balaban J connectivity index is 1.59. The van der Waals surface area contributed by atoms with Crippen molar-refractivity contribution in [3.8, 4) is 0 Å². The first kappa shape index (κ1) is 13.5. The van der Waals surface area contributed by atoms with Gasteiger partial charge in [0.25, 0.3) is 0 Å². The van der Waals surface area contributed by atoms with Gasteiger partial charge in [0.1, 0.15) is 11.5 Å². The molecule has 21 heavy (non-hydrogen) atoms. The molecule has 0 atom stereocenters. The second-order valence-electron chi connectivity index (χ2n) is 4.90. The summed E-state index contributed by atoms with van der Waals surface area (Å²) in [6, 6.07) is 0. The maximum atomic E-state index is 11.0. The van der Waals surface area contributed by atoms with E-state index < -0.39 is 5.97 Å². The van der Waals surface area contributed by atoms with Crippen LogP contribution in [0.15, 0.2) is 24.8 Å². The number of nitrogens with one attached hydrogen (secondary N) is 1. The summed E-state index contributed by atoms with van der Waals surface area (Å²) in [7, 11) is 0. The normalized spacial score (nSPS) is 16.1. The number of rotatable bonds is 4. The average Bonchev–Trinajstić information content (AvgIpc) is 2.97. The van der Waals surface area contributed by atoms with Gasteiger partial charge < -0.3 is 10.0 Å². The van der Waals surface area contributed by atoms with E-state index in [1.807, 2.05) is 0 Å². The second kappa shape index (κ2) is 5.88. The number of carboxylic acid groups (broad SMARTS) is 1. The minimum atomic E-state index is -0.972. The van der Waals surface area contributed by atoms with Crippen LogP contribution in [0.3, 0.4) is 0 Å². The van der Waals surface area contributed by atoms with Gasteiger partial charge in [0.2, 0.25) is 0 Å². The fraction of sp³-hybridized carbons (Fsp3) is 0.385. The first-order valence-corrected chi connectivity index (χ1v) is 6.73. The monoisotopic (exact) mass is 288 g/mol. The molecule has 8 nitrogen and oxygen atoms in total. The maximum Gasteiger partial charge on any atom is 0.354 e. The van der Waals surface area contributed by atoms with Crippen molar-refractivity contribution >= 4 is 11.8 Å². The van der Waals surface area contributed by atoms with Crippen LogP contribution in [0.2, 0.25) is 0 Å². The minimum absolute atomic E-state index is 0.173. The summed E-state index contributed by atoms with van der Waals surface area (Å²) in [6.45, 7) is 3.98. The number of aromatic nitrogens is 4. The highest BCUT2D eigenvalue weighted by Gasteiger charge is 2.21. The minimum Gasteiger partial charge on any atom is -0.477 e. The van der Waals surface area contributed by atoms with Crippen molar-refractivity contribution in [1.82, 2.24) is 25.1 Å². The summed E-state index contributed by atoms with van der Waals surface area (Å²) in [4.78, 5) is 23.8. The predicted octanol–water partition coefficient (Wildman–Crippen LogP) is 0.220. The Kier molecular flexibility index (Phi) is 3.78. The molecule has 0 aliphatic carbocycles. The summed E-state index contributed by atoms with van der Waals surface area (Å²) >= 11 is 0. The summed E-state index contributed by atoms with van der Waals surface area (Å²) in [5.74, 6) is -0.0904. The van der Waals surface area contributed by atoms with Crippen LogP contribution in [0, 0.1) is 0 Å². The number of aromatic amines is 1. The number of hydrogen-bond acceptors (Lipinski definition) is 6. The third kappa shape index (κ3) is 3.00. The van der Waals surface area contributed by atoms with Crippen LogP contribution >= 0.6 is 0 Å². The fourth-order valence-electron chi connectivity index (χ4n) is 2.45. The molecule has 0 bridgehead atoms. The molecule has 1 aliphatic heterocycles. The zero-order valence-electron chi connectivity index (χ0n) is 11.4. The van der Waals surface area contributed by atoms with E-state index in [1.54, 1.807) is 24.8 Å². The van der Waals surface area contributed by atoms with Gasteiger partial charge in [0, 0.05) is 50.7 Å². The summed E-state index contributed by atoms with van der Waals surface area (Å²) < 4.78 is 0. The molecule has 0 amide bonds. The Morgan fingerprint density at radius 3 is 2.71 bits per heavy atom. The fourth-order valence-corrected chi connectivity index (χ4v) is 2.45. The number of H-pyrrole nitrogens is 1. The lowest BCUT2D eigenvalue weighted by atomic mass is 10.2. The van der Waals surface area contributed by atoms with Gasteiger partial charge in [-0.3, -0.25) is 15.0 Å². The highest BCUT2D eigenvalue weighted by atomic mass is 16.4. The molecule has 2 aromatic heterocycles. The standard InChI is InChI=1S/C13H16N6O2/c20-13(21)12-10(7-16-17-12)9-18-3-5-19(6-4-18)11-8-14-1-2-15-11/h1-2,7-8H,3-6,9H2,(H,16,17)(H,20,21). The van der Waals surface area contributed by atoms with Gasteiger partial charge in [-0.2, -0.15) is 5.10 Å². The molecular formula is C13H16N6O2. The molecule has 0 unspecified atom stereocenters. The lowest BCUT2D eigenvalue weighted by Crippen LogP contribution is -2.46. The largest absolute Gasteiger partial charge is 0.477 e. The van der Waals surface area contributed by atoms with E-state index in [0.717, 1.165) is 37.6 Å². The number of anilines is 1. The van der Waals surface area contributed by atoms with Crippen molar-refractivity contribution in [2.45, 2.75) is 6.54 Å². The van der Waals surface area contributed by atoms with Crippen molar-refractivity contribution in [3.63, 3.8) is 0 Å². The quantitative estimate of drug-likeness (QED) is 0.830. The molecular weight excluding hydrogens is 272 g/mol. The van der Waals surface area contributed by atoms with E-state index >= 15 is 0 Å². The Labute approximate surface area is 121 Å². The Morgan fingerprint density at radius 2 is 2.05 bits per heavy atom. The molecule has 0 saturated carbocycles. The van der Waals surface area contributed by atoms with Crippen molar-refractivity contribution in [2.24, 2.45) is 0 Å². The van der Waals surface area contributed by atoms with Crippen molar-refractivity contribution in [3.05, 3.63) is 36.0 Å². The number of piperazine rings is 1. The number of hydrogen-bond donors (Lipinski definition) is 2. The summed E-state index contributed by atoms with van der Waals surface area (Å²) in [5.41, 5.74) is 0.891. The number of nitrogens with zero attached hydrogens (tertiary/aromatic N) is 5. The third-order valence-electron chi connectivity index (χ3n) is 3.57. The van der Waals surface area contributed by atoms with Crippen molar-refractivity contribution in [2.75, 3.05) is 31.1 Å². The SMILES string of the molecule is O=C(O)c1[nH]ncc1CN1CCN(c2cnccn2)CC1. The van der Waals surface area contributed by atoms with Gasteiger partial charge >= 0.3 is 5.97 Å². The molecule has 1 fully saturated rings. The summed E-state index contributed by atoms with van der Waals surface area (Å²) in [6.07, 6.45) is 6.69. The Hall–Kier alpha value is -2.48. The van der Waals surface area contributed by atoms with Gasteiger partial charge in [0.05, 0.1) is 12.4 Å². The molecule has 2 aromatic rings. The van der Waals surface area contributed by atoms with Crippen LogP contribution in [-0.2, 0) is 6.54 Å². The average molecular weight is 288 g/mol. The van der Waals surface area contributed by atoms with E-state index in [-0.39, 0.29) is 5.69 Å². The topological polar surface area (TPSA) is 98.2 Å². The number of carboxylic acids is 1. The molecule has 110 valence electrons. The maximum absolute atomic E-state index is 11.0. The molecule has 3 rings (SSSR count). The first-order chi connectivity index (χ1) is 10.2. The number of carbonyl (C=O) groups is 1. The van der Waals surface area contributed by atoms with Gasteiger partial charge in [-0.1, -0.05) is 0 Å². The lowest BCUT2D eigenvalue weighted by Gasteiger charge is -2.35. The zero-order valence-corrected chi connectivity index (χ0v) is 11.4. The molecule has 0 spiro atoms. The van der Waals surface area contributed by atoms with Crippen molar-refractivity contribution < 1.29 is 9.90 Å². The van der Waals surface area contributed by atoms with Crippen molar-refractivity contribution in [1.29, 1.82) is 0 Å². The second-order valence-corrected chi connectivity index (χ2v) is 4.90. The van der Waals surface area contributed by atoms with E-state index in [2.05, 4.69) is 30.0 Å². The Bertz CT molecular complexity index is 606. The van der Waals surface area contributed by atoms with Crippen LogP contribution in [0.1, 0.15) is 16.1 Å². The van der Waals surface area contributed by atoms with Crippen LogP contribution < -0.4 is 4.90 Å². The molecule has 1 saturated heterocycles. The molecule has 0 radical (unpaired) electrons. The van der Waals surface area contributed by atoms with Crippen LogP contribution in [0.25, 0.3) is 0 Å². The lowest BCUT2D eigenvalue weighted by molar-refractivity contribution is 0.0688. The smallest absolute Gasteiger partial charge is 0.354 e. The number of aromatic carboxylic acids is 1. The predicted molar refractivity (Wildman–Crippen MR) is 75.1 cm³/mol. The Morgan fingerprint density at radius 1 is 1.24 bits per heavy atom. The molecule has 2 N–H and O–H groups in total. The van der Waals surface area contributed by atoms with Gasteiger partial charge in [-0.05, 0) is 0 Å². The first-order valence-electron chi connectivity index (χ1n) is 6.73. The molecule has 8 heteroatoms. The van der Waals surface area contributed by atoms with Gasteiger partial charge in [-0.15, -0.1) is 0 Å². The third-order valence-corrected chi connectivity index (χ3v) is 3.57. The highest BCUT2D eigenvalue weighted by molar-refractivity contribution is 5.86. The van der Waals surface area contributed by atoms with E-state index in [9.17, 15) is 4.79 Å². The van der Waals surface area contributed by atoms with Crippen LogP contribution in [-0.4, -0.2) is 62.3 Å². The van der Waals surface area contributed by atoms with Gasteiger partial charge in [0.15, 0.2) is 0 Å². The molecule has 3 heterocycles. The highest BCUT2D eigenvalue weighted by Crippen LogP contribution is 2.14. The molecule has 1 aliphatic rings. The van der Waals surface area contributed by atoms with Crippen LogP contribution in [0.5, 0.6) is 0 Å². The van der Waals surface area contributed by atoms with E-state index in [1.165, 1.54) is 0 Å².